The number of benzene rings is 1. The second kappa shape index (κ2) is 11.6. The van der Waals surface area contributed by atoms with Crippen molar-refractivity contribution in [2.24, 2.45) is 5.11 Å². The maximum absolute atomic E-state index is 11.6. The van der Waals surface area contributed by atoms with Crippen LogP contribution in [0.2, 0.25) is 0 Å². The normalized spacial score (nSPS) is 11.5. The molecule has 1 rings (SSSR count). The summed E-state index contributed by atoms with van der Waals surface area (Å²) >= 11 is 0. The summed E-state index contributed by atoms with van der Waals surface area (Å²) in [4.78, 5) is 14.5. The molecule has 0 saturated carbocycles. The van der Waals surface area contributed by atoms with Crippen LogP contribution in [0.5, 0.6) is 0 Å². The smallest absolute Gasteiger partial charge is 0.305 e. The van der Waals surface area contributed by atoms with E-state index in [0.29, 0.717) is 25.9 Å². The second-order valence-corrected chi connectivity index (χ2v) is 5.30. The van der Waals surface area contributed by atoms with E-state index in [1.165, 1.54) is 12.8 Å². The van der Waals surface area contributed by atoms with E-state index >= 15 is 0 Å². The van der Waals surface area contributed by atoms with Crippen molar-refractivity contribution in [3.05, 3.63) is 46.3 Å². The summed E-state index contributed by atoms with van der Waals surface area (Å²) in [5.74, 6) is -0.163. The molecular weight excluding hydrogens is 278 g/mol. The van der Waals surface area contributed by atoms with Crippen molar-refractivity contribution in [2.75, 3.05) is 6.61 Å². The van der Waals surface area contributed by atoms with Crippen LogP contribution < -0.4 is 0 Å². The standard InChI is InChI=1S/C17H25N3O2/c1-2-3-4-8-14-22-17(21)13-9-12-16(19-20-18)15-10-6-5-7-11-15/h5-7,10-11,16H,2-4,8-9,12-14H2,1H3. The first-order valence-corrected chi connectivity index (χ1v) is 8.02. The zero-order valence-corrected chi connectivity index (χ0v) is 13.3. The first-order chi connectivity index (χ1) is 10.8. The van der Waals surface area contributed by atoms with Crippen molar-refractivity contribution >= 4 is 5.97 Å². The molecule has 120 valence electrons. The van der Waals surface area contributed by atoms with E-state index in [0.717, 1.165) is 18.4 Å². The predicted molar refractivity (Wildman–Crippen MR) is 87.3 cm³/mol. The third-order valence-corrected chi connectivity index (χ3v) is 3.49. The predicted octanol–water partition coefficient (Wildman–Crippen LogP) is 5.33. The van der Waals surface area contributed by atoms with Gasteiger partial charge in [-0.05, 0) is 30.4 Å². The Hall–Kier alpha value is -2.00. The van der Waals surface area contributed by atoms with Crippen LogP contribution in [-0.4, -0.2) is 12.6 Å². The number of carbonyl (C=O) groups is 1. The average Bonchev–Trinajstić information content (AvgIpc) is 2.55. The molecule has 0 amide bonds. The molecule has 1 atom stereocenters. The first-order valence-electron chi connectivity index (χ1n) is 8.02. The number of unbranched alkanes of at least 4 members (excludes halogenated alkanes) is 3. The highest BCUT2D eigenvalue weighted by molar-refractivity contribution is 5.69. The van der Waals surface area contributed by atoms with Gasteiger partial charge in [-0.1, -0.05) is 61.6 Å². The topological polar surface area (TPSA) is 75.1 Å². The number of azide groups is 1. The summed E-state index contributed by atoms with van der Waals surface area (Å²) in [6.07, 6.45) is 6.09. The molecule has 5 heteroatoms. The van der Waals surface area contributed by atoms with E-state index in [1.54, 1.807) is 0 Å². The van der Waals surface area contributed by atoms with E-state index in [9.17, 15) is 4.79 Å². The van der Waals surface area contributed by atoms with E-state index in [-0.39, 0.29) is 12.0 Å². The number of esters is 1. The average molecular weight is 303 g/mol. The van der Waals surface area contributed by atoms with Crippen LogP contribution >= 0.6 is 0 Å². The molecule has 1 aromatic carbocycles. The van der Waals surface area contributed by atoms with Crippen LogP contribution in [0.1, 0.15) is 63.5 Å². The van der Waals surface area contributed by atoms with Crippen molar-refractivity contribution in [3.8, 4) is 0 Å². The van der Waals surface area contributed by atoms with Crippen LogP contribution in [0, 0.1) is 0 Å². The van der Waals surface area contributed by atoms with E-state index < -0.39 is 0 Å². The van der Waals surface area contributed by atoms with E-state index in [1.807, 2.05) is 30.3 Å². The molecule has 0 N–H and O–H groups in total. The minimum Gasteiger partial charge on any atom is -0.466 e. The highest BCUT2D eigenvalue weighted by Crippen LogP contribution is 2.23. The summed E-state index contributed by atoms with van der Waals surface area (Å²) < 4.78 is 5.19. The number of ether oxygens (including phenoxy) is 1. The molecular formula is C17H25N3O2. The van der Waals surface area contributed by atoms with Crippen molar-refractivity contribution in [1.29, 1.82) is 0 Å². The Morgan fingerprint density at radius 3 is 2.68 bits per heavy atom. The lowest BCUT2D eigenvalue weighted by molar-refractivity contribution is -0.143. The van der Waals surface area contributed by atoms with Crippen LogP contribution in [0.15, 0.2) is 35.4 Å². The van der Waals surface area contributed by atoms with Crippen LogP contribution in [0.4, 0.5) is 0 Å². The molecule has 0 aliphatic heterocycles. The maximum atomic E-state index is 11.6. The summed E-state index contributed by atoms with van der Waals surface area (Å²) in [6, 6.07) is 9.41. The van der Waals surface area contributed by atoms with Gasteiger partial charge in [0.25, 0.3) is 0 Å². The summed E-state index contributed by atoms with van der Waals surface area (Å²) in [6.45, 7) is 2.66. The highest BCUT2D eigenvalue weighted by atomic mass is 16.5. The van der Waals surface area contributed by atoms with Gasteiger partial charge in [0.1, 0.15) is 0 Å². The first kappa shape index (κ1) is 18.1. The largest absolute Gasteiger partial charge is 0.466 e. The zero-order chi connectivity index (χ0) is 16.0. The Balaban J connectivity index is 2.26. The van der Waals surface area contributed by atoms with Gasteiger partial charge in [-0.25, -0.2) is 0 Å². The fourth-order valence-corrected chi connectivity index (χ4v) is 2.26. The van der Waals surface area contributed by atoms with Crippen molar-refractivity contribution in [2.45, 2.75) is 57.9 Å². The number of hydrogen-bond donors (Lipinski definition) is 0. The summed E-state index contributed by atoms with van der Waals surface area (Å²) in [7, 11) is 0. The van der Waals surface area contributed by atoms with Gasteiger partial charge in [-0.3, -0.25) is 4.79 Å². The molecule has 0 aliphatic rings. The lowest BCUT2D eigenvalue weighted by atomic mass is 10.0. The van der Waals surface area contributed by atoms with Gasteiger partial charge in [-0.2, -0.15) is 0 Å². The van der Waals surface area contributed by atoms with Crippen molar-refractivity contribution in [1.82, 2.24) is 0 Å². The third kappa shape index (κ3) is 7.70. The van der Waals surface area contributed by atoms with Crippen LogP contribution in [0.25, 0.3) is 10.4 Å². The minimum atomic E-state index is -0.219. The van der Waals surface area contributed by atoms with Crippen molar-refractivity contribution < 1.29 is 9.53 Å². The Bertz CT molecular complexity index is 470. The Morgan fingerprint density at radius 2 is 2.00 bits per heavy atom. The lowest BCUT2D eigenvalue weighted by Crippen LogP contribution is -2.06. The molecule has 0 aliphatic carbocycles. The van der Waals surface area contributed by atoms with Gasteiger partial charge >= 0.3 is 5.97 Å². The fourth-order valence-electron chi connectivity index (χ4n) is 2.26. The molecule has 1 aromatic rings. The minimum absolute atomic E-state index is 0.163. The number of carbonyl (C=O) groups excluding carboxylic acids is 1. The molecule has 0 aromatic heterocycles. The third-order valence-electron chi connectivity index (χ3n) is 3.49. The monoisotopic (exact) mass is 303 g/mol. The maximum Gasteiger partial charge on any atom is 0.305 e. The molecule has 0 fully saturated rings. The number of rotatable bonds is 11. The Labute approximate surface area is 132 Å². The number of nitrogens with zero attached hydrogens (tertiary/aromatic N) is 3. The quantitative estimate of drug-likeness (QED) is 0.182. The van der Waals surface area contributed by atoms with E-state index in [2.05, 4.69) is 16.9 Å². The van der Waals surface area contributed by atoms with Gasteiger partial charge in [0.2, 0.25) is 0 Å². The molecule has 0 saturated heterocycles. The molecule has 22 heavy (non-hydrogen) atoms. The molecule has 0 bridgehead atoms. The van der Waals surface area contributed by atoms with Gasteiger partial charge in [0.15, 0.2) is 0 Å². The number of hydrogen-bond acceptors (Lipinski definition) is 3. The van der Waals surface area contributed by atoms with Crippen LogP contribution in [0.3, 0.4) is 0 Å². The SMILES string of the molecule is CCCCCCOC(=O)CCCC(N=[N+]=[N-])c1ccccc1. The van der Waals surface area contributed by atoms with Gasteiger partial charge in [-0.15, -0.1) is 0 Å². The molecule has 1 unspecified atom stereocenters. The lowest BCUT2D eigenvalue weighted by Gasteiger charge is -2.11. The Kier molecular flexibility index (Phi) is 9.55. The van der Waals surface area contributed by atoms with Crippen LogP contribution in [-0.2, 0) is 9.53 Å². The van der Waals surface area contributed by atoms with E-state index in [4.69, 9.17) is 10.3 Å². The molecule has 0 spiro atoms. The highest BCUT2D eigenvalue weighted by Gasteiger charge is 2.10. The molecule has 0 radical (unpaired) electrons. The molecule has 0 heterocycles. The van der Waals surface area contributed by atoms with Gasteiger partial charge in [0, 0.05) is 11.3 Å². The fraction of sp³-hybridized carbons (Fsp3) is 0.588. The summed E-state index contributed by atoms with van der Waals surface area (Å²) in [5.41, 5.74) is 9.64. The summed E-state index contributed by atoms with van der Waals surface area (Å²) in [5, 5.41) is 3.82. The van der Waals surface area contributed by atoms with Gasteiger partial charge < -0.3 is 4.74 Å². The Morgan fingerprint density at radius 1 is 1.23 bits per heavy atom. The molecule has 5 nitrogen and oxygen atoms in total. The zero-order valence-electron chi connectivity index (χ0n) is 13.3. The van der Waals surface area contributed by atoms with Gasteiger partial charge in [0.05, 0.1) is 12.6 Å². The van der Waals surface area contributed by atoms with Crippen molar-refractivity contribution in [3.63, 3.8) is 0 Å². The second-order valence-electron chi connectivity index (χ2n) is 5.30.